The molecule has 1 amide bonds. The summed E-state index contributed by atoms with van der Waals surface area (Å²) >= 11 is 29.6. The molecule has 1 aromatic carbocycles. The summed E-state index contributed by atoms with van der Waals surface area (Å²) in [7, 11) is 0. The van der Waals surface area contributed by atoms with Gasteiger partial charge in [0.15, 0.2) is 0 Å². The van der Waals surface area contributed by atoms with E-state index >= 15 is 0 Å². The average molecular weight is 393 g/mol. The van der Waals surface area contributed by atoms with Gasteiger partial charge in [-0.1, -0.05) is 71.9 Å². The molecule has 21 heavy (non-hydrogen) atoms. The molecule has 1 unspecified atom stereocenters. The predicted octanol–water partition coefficient (Wildman–Crippen LogP) is 5.26. The highest BCUT2D eigenvalue weighted by molar-refractivity contribution is 6.68. The van der Waals surface area contributed by atoms with Crippen LogP contribution in [-0.4, -0.2) is 15.9 Å². The van der Waals surface area contributed by atoms with Gasteiger partial charge in [-0.2, -0.15) is 0 Å². The van der Waals surface area contributed by atoms with Crippen LogP contribution >= 0.6 is 58.0 Å². The fourth-order valence-electron chi connectivity index (χ4n) is 1.55. The Morgan fingerprint density at radius 2 is 1.86 bits per heavy atom. The van der Waals surface area contributed by atoms with Crippen molar-refractivity contribution in [1.82, 2.24) is 5.32 Å². The summed E-state index contributed by atoms with van der Waals surface area (Å²) in [4.78, 5) is 11.9. The Kier molecular flexibility index (Phi) is 7.21. The topological polar surface area (TPSA) is 41.1 Å². The second kappa shape index (κ2) is 7.98. The molecule has 0 saturated carbocycles. The highest BCUT2D eigenvalue weighted by Gasteiger charge is 2.34. The van der Waals surface area contributed by atoms with Crippen LogP contribution in [0, 0.1) is 5.92 Å². The van der Waals surface area contributed by atoms with Crippen molar-refractivity contribution < 1.29 is 4.79 Å². The highest BCUT2D eigenvalue weighted by Crippen LogP contribution is 2.33. The highest BCUT2D eigenvalue weighted by atomic mass is 35.6. The van der Waals surface area contributed by atoms with Crippen LogP contribution in [0.3, 0.4) is 0 Å². The van der Waals surface area contributed by atoms with E-state index in [1.165, 1.54) is 0 Å². The summed E-state index contributed by atoms with van der Waals surface area (Å²) < 4.78 is -1.74. The minimum atomic E-state index is -1.74. The first-order valence-corrected chi connectivity index (χ1v) is 8.06. The van der Waals surface area contributed by atoms with E-state index in [9.17, 15) is 4.79 Å². The summed E-state index contributed by atoms with van der Waals surface area (Å²) in [5.41, 5.74) is 0.502. The molecule has 0 fully saturated rings. The first-order chi connectivity index (χ1) is 9.59. The number of rotatable bonds is 5. The Bertz CT molecular complexity index is 502. The number of carbonyl (C=O) groups excluding carboxylic acids is 1. The number of anilines is 1. The lowest BCUT2D eigenvalue weighted by atomic mass is 10.1. The van der Waals surface area contributed by atoms with Crippen molar-refractivity contribution in [2.75, 3.05) is 5.32 Å². The number of carbonyl (C=O) groups is 1. The summed E-state index contributed by atoms with van der Waals surface area (Å²) in [5.74, 6) is -0.0287. The van der Waals surface area contributed by atoms with Crippen LogP contribution in [0.1, 0.15) is 20.3 Å². The van der Waals surface area contributed by atoms with Gasteiger partial charge in [0.2, 0.25) is 9.70 Å². The van der Waals surface area contributed by atoms with Gasteiger partial charge in [0.05, 0.1) is 10.7 Å². The Morgan fingerprint density at radius 3 is 2.33 bits per heavy atom. The van der Waals surface area contributed by atoms with Crippen LogP contribution in [0.15, 0.2) is 18.2 Å². The molecule has 0 bridgehead atoms. The Hall–Kier alpha value is -0.0600. The first kappa shape index (κ1) is 19.0. The lowest BCUT2D eigenvalue weighted by Crippen LogP contribution is -2.49. The first-order valence-electron chi connectivity index (χ1n) is 6.17. The second-order valence-corrected chi connectivity index (χ2v) is 8.12. The molecule has 1 aromatic rings. The van der Waals surface area contributed by atoms with Crippen molar-refractivity contribution in [3.05, 3.63) is 28.2 Å². The molecular formula is C13H15Cl5N2O. The molecule has 0 aliphatic rings. The molecule has 0 aliphatic heterocycles. The van der Waals surface area contributed by atoms with Gasteiger partial charge in [-0.3, -0.25) is 4.79 Å². The average Bonchev–Trinajstić information content (AvgIpc) is 2.29. The lowest BCUT2D eigenvalue weighted by Gasteiger charge is -2.28. The number of benzene rings is 1. The van der Waals surface area contributed by atoms with Gasteiger partial charge in [-0.05, 0) is 24.1 Å². The van der Waals surface area contributed by atoms with Crippen molar-refractivity contribution >= 4 is 69.6 Å². The molecule has 1 rings (SSSR count). The lowest BCUT2D eigenvalue weighted by molar-refractivity contribution is -0.122. The van der Waals surface area contributed by atoms with Crippen LogP contribution in [0.25, 0.3) is 0 Å². The molecule has 0 radical (unpaired) electrons. The van der Waals surface area contributed by atoms with Crippen molar-refractivity contribution in [2.45, 2.75) is 30.2 Å². The zero-order valence-electron chi connectivity index (χ0n) is 11.4. The Morgan fingerprint density at radius 1 is 1.24 bits per heavy atom. The SMILES string of the molecule is CC(C)CC(=O)NC(Nc1ccc(Cl)cc1Cl)C(Cl)(Cl)Cl. The molecule has 0 spiro atoms. The number of amides is 1. The minimum Gasteiger partial charge on any atom is -0.361 e. The quantitative estimate of drug-likeness (QED) is 0.530. The van der Waals surface area contributed by atoms with Crippen LogP contribution in [0.4, 0.5) is 5.69 Å². The molecule has 1 atom stereocenters. The third-order valence-corrected chi connectivity index (χ3v) is 3.66. The largest absolute Gasteiger partial charge is 0.361 e. The van der Waals surface area contributed by atoms with Crippen LogP contribution in [0.5, 0.6) is 0 Å². The van der Waals surface area contributed by atoms with Gasteiger partial charge in [0, 0.05) is 11.4 Å². The Balaban J connectivity index is 2.86. The smallest absolute Gasteiger partial charge is 0.228 e. The van der Waals surface area contributed by atoms with Gasteiger partial charge < -0.3 is 10.6 Å². The summed E-state index contributed by atoms with van der Waals surface area (Å²) in [6.07, 6.45) is -0.597. The van der Waals surface area contributed by atoms with E-state index in [1.807, 2.05) is 13.8 Å². The number of halogens is 5. The maximum atomic E-state index is 11.9. The molecule has 3 nitrogen and oxygen atoms in total. The molecular weight excluding hydrogens is 377 g/mol. The summed E-state index contributed by atoms with van der Waals surface area (Å²) in [5, 5.41) is 6.39. The summed E-state index contributed by atoms with van der Waals surface area (Å²) in [6.45, 7) is 3.85. The van der Waals surface area contributed by atoms with Gasteiger partial charge in [0.25, 0.3) is 0 Å². The van der Waals surface area contributed by atoms with E-state index in [0.29, 0.717) is 22.2 Å². The number of hydrogen-bond donors (Lipinski definition) is 2. The van der Waals surface area contributed by atoms with Crippen molar-refractivity contribution in [2.24, 2.45) is 5.92 Å². The zero-order chi connectivity index (χ0) is 16.2. The van der Waals surface area contributed by atoms with Gasteiger partial charge >= 0.3 is 0 Å². The van der Waals surface area contributed by atoms with E-state index in [2.05, 4.69) is 10.6 Å². The monoisotopic (exact) mass is 390 g/mol. The van der Waals surface area contributed by atoms with E-state index in [1.54, 1.807) is 18.2 Å². The number of nitrogens with one attached hydrogen (secondary N) is 2. The fourth-order valence-corrected chi connectivity index (χ4v) is 2.34. The molecule has 0 aromatic heterocycles. The maximum Gasteiger partial charge on any atom is 0.228 e. The fraction of sp³-hybridized carbons (Fsp3) is 0.462. The van der Waals surface area contributed by atoms with E-state index in [-0.39, 0.29) is 11.8 Å². The number of hydrogen-bond acceptors (Lipinski definition) is 2. The molecule has 118 valence electrons. The van der Waals surface area contributed by atoms with E-state index in [4.69, 9.17) is 58.0 Å². The third-order valence-electron chi connectivity index (χ3n) is 2.46. The third kappa shape index (κ3) is 6.70. The van der Waals surface area contributed by atoms with Crippen molar-refractivity contribution in [3.63, 3.8) is 0 Å². The van der Waals surface area contributed by atoms with Gasteiger partial charge in [-0.25, -0.2) is 0 Å². The van der Waals surface area contributed by atoms with Crippen LogP contribution in [-0.2, 0) is 4.79 Å². The molecule has 0 saturated heterocycles. The minimum absolute atomic E-state index is 0.195. The normalized spacial score (nSPS) is 13.1. The Labute approximate surface area is 149 Å². The molecule has 2 N–H and O–H groups in total. The summed E-state index contributed by atoms with van der Waals surface area (Å²) in [6, 6.07) is 4.83. The van der Waals surface area contributed by atoms with Crippen molar-refractivity contribution in [1.29, 1.82) is 0 Å². The van der Waals surface area contributed by atoms with Gasteiger partial charge in [0.1, 0.15) is 6.17 Å². The molecule has 8 heteroatoms. The second-order valence-electron chi connectivity index (χ2n) is 4.91. The standard InChI is InChI=1S/C13H15Cl5N2O/c1-7(2)5-11(21)20-12(13(16,17)18)19-10-4-3-8(14)6-9(10)15/h3-4,6-7,12,19H,5H2,1-2H3,(H,20,21). The van der Waals surface area contributed by atoms with Crippen molar-refractivity contribution in [3.8, 4) is 0 Å². The van der Waals surface area contributed by atoms with Crippen LogP contribution < -0.4 is 10.6 Å². The van der Waals surface area contributed by atoms with E-state index in [0.717, 1.165) is 0 Å². The van der Waals surface area contributed by atoms with E-state index < -0.39 is 9.96 Å². The number of alkyl halides is 3. The van der Waals surface area contributed by atoms with Gasteiger partial charge in [-0.15, -0.1) is 0 Å². The maximum absolute atomic E-state index is 11.9. The van der Waals surface area contributed by atoms with Crippen LogP contribution in [0.2, 0.25) is 10.0 Å². The predicted molar refractivity (Wildman–Crippen MR) is 91.8 cm³/mol. The zero-order valence-corrected chi connectivity index (χ0v) is 15.2. The molecule has 0 aliphatic carbocycles. The molecule has 0 heterocycles.